The molecule has 0 heterocycles. The third-order valence-corrected chi connectivity index (χ3v) is 3.46. The minimum Gasteiger partial charge on any atom is -0.495 e. The van der Waals surface area contributed by atoms with Crippen molar-refractivity contribution >= 4 is 23.2 Å². The first-order valence-corrected chi connectivity index (χ1v) is 6.36. The molecule has 0 aliphatic rings. The standard InChI is InChI=1S/C14H10Cl2F2O2/c1-20-12-6-9(15)8(5-10(12)16)14(19)7-3-2-4-11(17)13(7)18/h2-6,14,19H,1H3. The van der Waals surface area contributed by atoms with Gasteiger partial charge in [-0.15, -0.1) is 0 Å². The highest BCUT2D eigenvalue weighted by atomic mass is 35.5. The third kappa shape index (κ3) is 2.73. The first-order chi connectivity index (χ1) is 9.45. The summed E-state index contributed by atoms with van der Waals surface area (Å²) in [6, 6.07) is 6.30. The maximum atomic E-state index is 13.7. The molecule has 2 aromatic carbocycles. The molecule has 0 saturated heterocycles. The first-order valence-electron chi connectivity index (χ1n) is 5.60. The van der Waals surface area contributed by atoms with Gasteiger partial charge in [0.1, 0.15) is 11.9 Å². The Balaban J connectivity index is 2.51. The van der Waals surface area contributed by atoms with Crippen molar-refractivity contribution in [2.45, 2.75) is 6.10 Å². The number of aliphatic hydroxyl groups is 1. The van der Waals surface area contributed by atoms with Crippen LogP contribution in [-0.2, 0) is 0 Å². The van der Waals surface area contributed by atoms with Crippen molar-refractivity contribution in [3.05, 3.63) is 63.1 Å². The van der Waals surface area contributed by atoms with Gasteiger partial charge in [-0.1, -0.05) is 35.3 Å². The van der Waals surface area contributed by atoms with E-state index in [9.17, 15) is 13.9 Å². The summed E-state index contributed by atoms with van der Waals surface area (Å²) in [5.74, 6) is -1.84. The van der Waals surface area contributed by atoms with Gasteiger partial charge in [0.05, 0.1) is 17.2 Å². The summed E-state index contributed by atoms with van der Waals surface area (Å²) < 4.78 is 31.8. The summed E-state index contributed by atoms with van der Waals surface area (Å²) in [6.07, 6.45) is -1.43. The van der Waals surface area contributed by atoms with Crippen LogP contribution in [-0.4, -0.2) is 12.2 Å². The van der Waals surface area contributed by atoms with Gasteiger partial charge in [-0.3, -0.25) is 0 Å². The minimum absolute atomic E-state index is 0.141. The smallest absolute Gasteiger partial charge is 0.164 e. The molecule has 0 saturated carbocycles. The Kier molecular flexibility index (Phi) is 4.48. The largest absolute Gasteiger partial charge is 0.495 e. The molecule has 0 fully saturated rings. The van der Waals surface area contributed by atoms with Gasteiger partial charge < -0.3 is 9.84 Å². The van der Waals surface area contributed by atoms with Crippen LogP contribution >= 0.6 is 23.2 Å². The maximum Gasteiger partial charge on any atom is 0.164 e. The van der Waals surface area contributed by atoms with Crippen LogP contribution in [0.15, 0.2) is 30.3 Å². The van der Waals surface area contributed by atoms with Gasteiger partial charge >= 0.3 is 0 Å². The molecule has 0 aliphatic carbocycles. The maximum absolute atomic E-state index is 13.7. The zero-order valence-corrected chi connectivity index (χ0v) is 11.8. The van der Waals surface area contributed by atoms with Gasteiger partial charge in [-0.2, -0.15) is 0 Å². The van der Waals surface area contributed by atoms with Gasteiger partial charge in [0.2, 0.25) is 0 Å². The van der Waals surface area contributed by atoms with Crippen LogP contribution in [0.2, 0.25) is 10.0 Å². The molecule has 20 heavy (non-hydrogen) atoms. The highest BCUT2D eigenvalue weighted by molar-refractivity contribution is 6.34. The molecule has 6 heteroatoms. The molecule has 0 radical (unpaired) electrons. The van der Waals surface area contributed by atoms with E-state index in [0.29, 0.717) is 5.75 Å². The van der Waals surface area contributed by atoms with Crippen molar-refractivity contribution in [3.63, 3.8) is 0 Å². The normalized spacial score (nSPS) is 12.3. The van der Waals surface area contributed by atoms with Gasteiger partial charge in [0.15, 0.2) is 11.6 Å². The Bertz CT molecular complexity index is 647. The average Bonchev–Trinajstić information content (AvgIpc) is 2.43. The van der Waals surface area contributed by atoms with Crippen LogP contribution in [0.25, 0.3) is 0 Å². The van der Waals surface area contributed by atoms with E-state index >= 15 is 0 Å². The van der Waals surface area contributed by atoms with Crippen LogP contribution < -0.4 is 4.74 Å². The topological polar surface area (TPSA) is 29.5 Å². The van der Waals surface area contributed by atoms with Crippen molar-refractivity contribution in [3.8, 4) is 5.75 Å². The van der Waals surface area contributed by atoms with Crippen molar-refractivity contribution < 1.29 is 18.6 Å². The summed E-state index contributed by atoms with van der Waals surface area (Å²) in [4.78, 5) is 0. The second-order valence-electron chi connectivity index (χ2n) is 4.05. The Morgan fingerprint density at radius 2 is 1.80 bits per heavy atom. The molecule has 0 bridgehead atoms. The second kappa shape index (κ2) is 5.95. The summed E-state index contributed by atoms with van der Waals surface area (Å²) in [5.41, 5.74) is -0.0462. The van der Waals surface area contributed by atoms with E-state index in [4.69, 9.17) is 27.9 Å². The number of aliphatic hydroxyl groups excluding tert-OH is 1. The summed E-state index contributed by atoms with van der Waals surface area (Å²) in [7, 11) is 1.42. The zero-order valence-electron chi connectivity index (χ0n) is 10.3. The molecule has 1 unspecified atom stereocenters. The molecule has 0 aromatic heterocycles. The van der Waals surface area contributed by atoms with E-state index < -0.39 is 17.7 Å². The van der Waals surface area contributed by atoms with Crippen molar-refractivity contribution in [2.75, 3.05) is 7.11 Å². The van der Waals surface area contributed by atoms with Crippen LogP contribution in [0.3, 0.4) is 0 Å². The van der Waals surface area contributed by atoms with Gasteiger partial charge in [-0.25, -0.2) is 8.78 Å². The minimum atomic E-state index is -1.43. The van der Waals surface area contributed by atoms with Crippen molar-refractivity contribution in [1.29, 1.82) is 0 Å². The third-order valence-electron chi connectivity index (χ3n) is 2.84. The number of methoxy groups -OCH3 is 1. The van der Waals surface area contributed by atoms with E-state index in [0.717, 1.165) is 6.07 Å². The molecule has 2 rings (SSSR count). The van der Waals surface area contributed by atoms with Crippen LogP contribution in [0, 0.1) is 11.6 Å². The SMILES string of the molecule is COc1cc(Cl)c(C(O)c2cccc(F)c2F)cc1Cl. The molecule has 2 aromatic rings. The van der Waals surface area contributed by atoms with Crippen molar-refractivity contribution in [1.82, 2.24) is 0 Å². The van der Waals surface area contributed by atoms with E-state index in [1.165, 1.54) is 31.4 Å². The molecule has 2 nitrogen and oxygen atoms in total. The molecule has 0 amide bonds. The van der Waals surface area contributed by atoms with Crippen LogP contribution in [0.1, 0.15) is 17.2 Å². The molecule has 1 N–H and O–H groups in total. The predicted molar refractivity (Wildman–Crippen MR) is 73.4 cm³/mol. The molecule has 106 valence electrons. The number of hydrogen-bond acceptors (Lipinski definition) is 2. The number of rotatable bonds is 3. The van der Waals surface area contributed by atoms with Crippen LogP contribution in [0.4, 0.5) is 8.78 Å². The fourth-order valence-electron chi connectivity index (χ4n) is 1.81. The van der Waals surface area contributed by atoms with E-state index in [2.05, 4.69) is 0 Å². The molecule has 0 aliphatic heterocycles. The van der Waals surface area contributed by atoms with Gasteiger partial charge in [0.25, 0.3) is 0 Å². The monoisotopic (exact) mass is 318 g/mol. The summed E-state index contributed by atoms with van der Waals surface area (Å²) in [6.45, 7) is 0. The summed E-state index contributed by atoms with van der Waals surface area (Å²) >= 11 is 11.9. The Morgan fingerprint density at radius 1 is 1.10 bits per heavy atom. The van der Waals surface area contributed by atoms with E-state index in [1.807, 2.05) is 0 Å². The lowest BCUT2D eigenvalue weighted by atomic mass is 10.0. The molecular formula is C14H10Cl2F2O2. The zero-order chi connectivity index (χ0) is 14.9. The van der Waals surface area contributed by atoms with Gasteiger partial charge in [-0.05, 0) is 12.1 Å². The number of benzene rings is 2. The molecule has 1 atom stereocenters. The Hall–Kier alpha value is -1.36. The quantitative estimate of drug-likeness (QED) is 0.911. The predicted octanol–water partition coefficient (Wildman–Crippen LogP) is 4.36. The fraction of sp³-hybridized carbons (Fsp3) is 0.143. The van der Waals surface area contributed by atoms with E-state index in [-0.39, 0.29) is 21.2 Å². The summed E-state index contributed by atoms with van der Waals surface area (Å²) in [5, 5.41) is 10.5. The lowest BCUT2D eigenvalue weighted by molar-refractivity contribution is 0.213. The molecular weight excluding hydrogens is 309 g/mol. The lowest BCUT2D eigenvalue weighted by Gasteiger charge is -2.16. The average molecular weight is 319 g/mol. The van der Waals surface area contributed by atoms with Gasteiger partial charge in [0, 0.05) is 17.2 Å². The number of ether oxygens (including phenoxy) is 1. The highest BCUT2D eigenvalue weighted by Gasteiger charge is 2.21. The van der Waals surface area contributed by atoms with Crippen molar-refractivity contribution in [2.24, 2.45) is 0 Å². The molecule has 0 spiro atoms. The van der Waals surface area contributed by atoms with Crippen LogP contribution in [0.5, 0.6) is 5.75 Å². The lowest BCUT2D eigenvalue weighted by Crippen LogP contribution is -2.05. The highest BCUT2D eigenvalue weighted by Crippen LogP contribution is 2.36. The second-order valence-corrected chi connectivity index (χ2v) is 4.87. The Morgan fingerprint density at radius 3 is 2.45 bits per heavy atom. The fourth-order valence-corrected chi connectivity index (χ4v) is 2.32. The Labute approximate surface area is 124 Å². The number of halogens is 4. The number of hydrogen-bond donors (Lipinski definition) is 1. The first kappa shape index (κ1) is 15.0. The van der Waals surface area contributed by atoms with E-state index in [1.54, 1.807) is 0 Å².